The van der Waals surface area contributed by atoms with E-state index in [-0.39, 0.29) is 45.0 Å². The number of carbonyl (C=O) groups is 2. The lowest BCUT2D eigenvalue weighted by Gasteiger charge is -2.31. The molecule has 4 aromatic heterocycles. The Morgan fingerprint density at radius 2 is 0.760 bits per heavy atom. The van der Waals surface area contributed by atoms with Crippen molar-refractivity contribution < 1.29 is 80.6 Å². The number of methoxy groups -OCH3 is 6. The third kappa shape index (κ3) is 30.3. The van der Waals surface area contributed by atoms with Crippen LogP contribution in [0.25, 0.3) is 11.4 Å². The van der Waals surface area contributed by atoms with E-state index in [0.717, 1.165) is 226 Å². The molecule has 10 aromatic carbocycles. The van der Waals surface area contributed by atoms with Crippen LogP contribution in [0.1, 0.15) is 174 Å². The fourth-order valence-electron chi connectivity index (χ4n) is 17.3. The Morgan fingerprint density at radius 1 is 0.387 bits per heavy atom. The highest BCUT2D eigenvalue weighted by Crippen LogP contribution is 2.41. The first kappa shape index (κ1) is 108. The van der Waals surface area contributed by atoms with Gasteiger partial charge in [0.05, 0.1) is 91.6 Å². The molecular formula is C117H132N12O17S4. The van der Waals surface area contributed by atoms with Crippen LogP contribution in [-0.2, 0) is 98.1 Å². The third-order valence-corrected chi connectivity index (χ3v) is 29.4. The topological polar surface area (TPSA) is 276 Å². The lowest BCUT2D eigenvalue weighted by atomic mass is 9.99. The van der Waals surface area contributed by atoms with Gasteiger partial charge in [0.25, 0.3) is 11.8 Å². The molecule has 2 unspecified atom stereocenters. The maximum absolute atomic E-state index is 12.5. The summed E-state index contributed by atoms with van der Waals surface area (Å²) >= 11 is 6.33. The SMILES string of the molecule is C=C(NC(C)C(C)C)c1csc(CN(Cc2ccc3c(c2)OCO3)Cc2ccc(OC)cc2OC)n1.C=C(c1csc(CN(Cc2ccc(OCc3ccccc3)cc2)Cc2ccc3c(c2)OCO3)n1)N1CCc2ccccc2C1.CCC(C)NC(=O)c1csc(CN(Cc2ccc3c(c2)OCO3)Cc2ccc(OC)cc2OC)n1.CCCCNC(=O)c1csc(CN(Cc2ccc3c(c2)OCO3)Cc2ccc(OC)cc2OC)n1. The van der Waals surface area contributed by atoms with Crippen LogP contribution < -0.4 is 87.0 Å². The minimum Gasteiger partial charge on any atom is -0.497 e. The number of nitrogens with one attached hydrogen (secondary N) is 3. The summed E-state index contributed by atoms with van der Waals surface area (Å²) in [5.74, 6) is 11.9. The number of ether oxygens (including phenoxy) is 15. The van der Waals surface area contributed by atoms with Crippen molar-refractivity contribution in [2.75, 3.05) is 82.9 Å². The molecule has 2 amide bonds. The molecule has 14 aromatic rings. The normalized spacial score (nSPS) is 13.0. The third-order valence-electron chi connectivity index (χ3n) is 26.0. The summed E-state index contributed by atoms with van der Waals surface area (Å²) < 4.78 is 83.3. The fraction of sp³-hybridized carbons (Fsp3) is 0.333. The molecular weight excluding hydrogens is 1970 g/mol. The standard InChI is InChI=1S/C37H35N3O3S.C28H35N3O4S.2C26H31N3O5S/c1-27(40-18-17-31-9-5-6-10-32(31)22-40)34-25-44-37(38-34)23-39(21-30-13-16-35-36(19-30)43-26-42-35)20-28-11-14-33(15-12-28)41-24-29-7-3-2-4-8-29;1-18(2)19(3)29-20(4)24-16-36-28(30-24)15-31(13-21-7-10-25-27(11-21)35-17-34-25)14-22-8-9-23(32-5)12-26(22)33-6;1-5-17(2)27-26(30)21-15-35-25(28-21)14-29(12-18-6-9-22-24(10-18)34-16-33-22)13-19-7-8-20(31-3)11-23(19)32-4;1-4-5-10-27-26(30)21-16-35-25(28-21)15-29(13-18-6-9-22-24(11-18)34-17-33-22)14-19-7-8-20(31-2)12-23(19)32-3/h2-16,19,25H,1,17-18,20-24,26H2;7-12,16,18-19,29H,4,13-15,17H2,1-3,5-6H3;6-11,15,17H,5,12-14,16H2,1-4H3,(H,27,30);6-9,11-12,16H,4-5,10,13-15,17H2,1-3H3,(H,27,30). The quantitative estimate of drug-likeness (QED) is 0.0299. The average Bonchev–Trinajstić information content (AvgIpc) is 1.53. The van der Waals surface area contributed by atoms with Crippen LogP contribution in [0.15, 0.2) is 241 Å². The van der Waals surface area contributed by atoms with Crippen LogP contribution in [0.3, 0.4) is 0 Å². The van der Waals surface area contributed by atoms with Crippen molar-refractivity contribution in [3.63, 3.8) is 0 Å². The van der Waals surface area contributed by atoms with Gasteiger partial charge in [0.2, 0.25) is 27.2 Å². The predicted molar refractivity (Wildman–Crippen MR) is 587 cm³/mol. The summed E-state index contributed by atoms with van der Waals surface area (Å²) in [6.07, 6.45) is 3.89. The molecule has 5 aliphatic heterocycles. The first-order valence-corrected chi connectivity index (χ1v) is 53.8. The zero-order valence-corrected chi connectivity index (χ0v) is 90.4. The molecule has 0 fully saturated rings. The second-order valence-electron chi connectivity index (χ2n) is 37.2. The Hall–Kier alpha value is -14.4. The molecule has 2 atom stereocenters. The van der Waals surface area contributed by atoms with Gasteiger partial charge in [-0.2, -0.15) is 0 Å². The van der Waals surface area contributed by atoms with Crippen molar-refractivity contribution in [2.24, 2.45) is 5.92 Å². The number of hydrogen-bond acceptors (Lipinski definition) is 31. The van der Waals surface area contributed by atoms with Gasteiger partial charge in [0, 0.05) is 140 Å². The minimum atomic E-state index is -0.138. The summed E-state index contributed by atoms with van der Waals surface area (Å²) in [7, 11) is 9.93. The Labute approximate surface area is 894 Å². The second kappa shape index (κ2) is 53.6. The van der Waals surface area contributed by atoms with Crippen molar-refractivity contribution in [3.8, 4) is 86.2 Å². The molecule has 29 nitrogen and oxygen atoms in total. The second-order valence-corrected chi connectivity index (χ2v) is 41.0. The van der Waals surface area contributed by atoms with Gasteiger partial charge >= 0.3 is 0 Å². The van der Waals surface area contributed by atoms with Gasteiger partial charge in [-0.25, -0.2) is 19.9 Å². The Balaban J connectivity index is 0.000000143. The van der Waals surface area contributed by atoms with Crippen LogP contribution >= 0.6 is 45.3 Å². The molecule has 33 heteroatoms. The molecule has 5 aliphatic rings. The van der Waals surface area contributed by atoms with Crippen molar-refractivity contribution >= 4 is 68.6 Å². The molecule has 0 spiro atoms. The zero-order chi connectivity index (χ0) is 105. The van der Waals surface area contributed by atoms with E-state index in [1.807, 2.05) is 146 Å². The number of hydrogen-bond donors (Lipinski definition) is 3. The summed E-state index contributed by atoms with van der Waals surface area (Å²) in [4.78, 5) is 55.7. The monoisotopic (exact) mass is 2100 g/mol. The van der Waals surface area contributed by atoms with Crippen molar-refractivity contribution in [1.82, 2.24) is 60.4 Å². The van der Waals surface area contributed by atoms with E-state index in [0.29, 0.717) is 95.4 Å². The van der Waals surface area contributed by atoms with Gasteiger partial charge in [-0.3, -0.25) is 29.2 Å². The summed E-state index contributed by atoms with van der Waals surface area (Å²) in [5, 5.41) is 21.1. The van der Waals surface area contributed by atoms with Crippen molar-refractivity contribution in [3.05, 3.63) is 345 Å². The highest BCUT2D eigenvalue weighted by molar-refractivity contribution is 7.10. The van der Waals surface area contributed by atoms with Gasteiger partial charge in [-0.15, -0.1) is 45.3 Å². The molecule has 0 radical (unpaired) electrons. The minimum absolute atomic E-state index is 0.109. The lowest BCUT2D eigenvalue weighted by molar-refractivity contribution is 0.0930. The van der Waals surface area contributed by atoms with E-state index in [1.165, 1.54) is 44.9 Å². The molecule has 9 heterocycles. The van der Waals surface area contributed by atoms with E-state index in [4.69, 9.17) is 81.0 Å². The largest absolute Gasteiger partial charge is 0.497 e. The van der Waals surface area contributed by atoms with E-state index in [9.17, 15) is 9.59 Å². The summed E-state index contributed by atoms with van der Waals surface area (Å²) in [6, 6.07) is 69.6. The molecule has 0 saturated heterocycles. The fourth-order valence-corrected chi connectivity index (χ4v) is 20.6. The number of carbonyl (C=O) groups excluding carboxylic acids is 2. The lowest BCUT2D eigenvalue weighted by Crippen LogP contribution is -2.32. The number of amides is 2. The van der Waals surface area contributed by atoms with Crippen LogP contribution in [0, 0.1) is 5.92 Å². The van der Waals surface area contributed by atoms with Crippen molar-refractivity contribution in [1.29, 1.82) is 0 Å². The molecule has 0 bridgehead atoms. The van der Waals surface area contributed by atoms with Crippen molar-refractivity contribution in [2.45, 2.75) is 171 Å². The molecule has 786 valence electrons. The maximum Gasteiger partial charge on any atom is 0.270 e. The Morgan fingerprint density at radius 3 is 1.18 bits per heavy atom. The highest BCUT2D eigenvalue weighted by Gasteiger charge is 2.28. The van der Waals surface area contributed by atoms with Crippen LogP contribution in [0.4, 0.5) is 0 Å². The Bertz CT molecular complexity index is 6840. The van der Waals surface area contributed by atoms with Gasteiger partial charge in [0.1, 0.15) is 78.3 Å². The van der Waals surface area contributed by atoms with Crippen LogP contribution in [0.2, 0.25) is 0 Å². The number of benzene rings is 10. The molecule has 0 saturated carbocycles. The van der Waals surface area contributed by atoms with E-state index < -0.39 is 0 Å². The van der Waals surface area contributed by atoms with E-state index >= 15 is 0 Å². The number of rotatable bonds is 46. The molecule has 3 N–H and O–H groups in total. The van der Waals surface area contributed by atoms with E-state index in [1.54, 1.807) is 65.3 Å². The van der Waals surface area contributed by atoms with Gasteiger partial charge < -0.3 is 91.9 Å². The molecule has 0 aliphatic carbocycles. The van der Waals surface area contributed by atoms with Gasteiger partial charge in [-0.05, 0) is 162 Å². The highest BCUT2D eigenvalue weighted by atomic mass is 32.1. The number of nitrogens with zero attached hydrogens (tertiary/aromatic N) is 9. The summed E-state index contributed by atoms with van der Waals surface area (Å²) in [6.45, 7) is 33.4. The zero-order valence-electron chi connectivity index (χ0n) is 87.2. The first-order valence-electron chi connectivity index (χ1n) is 50.3. The Kier molecular flexibility index (Phi) is 38.7. The predicted octanol–water partition coefficient (Wildman–Crippen LogP) is 22.6. The van der Waals surface area contributed by atoms with Gasteiger partial charge in [0.15, 0.2) is 46.0 Å². The number of fused-ring (bicyclic) bond motifs is 5. The number of thiazole rings is 4. The first-order chi connectivity index (χ1) is 73.1. The number of aromatic nitrogens is 4. The van der Waals surface area contributed by atoms with E-state index in [2.05, 4.69) is 187 Å². The summed E-state index contributed by atoms with van der Waals surface area (Å²) in [5.41, 5.74) is 17.4. The van der Waals surface area contributed by atoms with Crippen LogP contribution in [-0.4, -0.2) is 151 Å². The van der Waals surface area contributed by atoms with Gasteiger partial charge in [-0.1, -0.05) is 156 Å². The average molecular weight is 2110 g/mol. The molecule has 19 rings (SSSR count). The maximum atomic E-state index is 12.5. The molecule has 150 heavy (non-hydrogen) atoms. The smallest absolute Gasteiger partial charge is 0.270 e. The number of unbranched alkanes of at least 4 members (excludes halogenated alkanes) is 1. The van der Waals surface area contributed by atoms with Crippen LogP contribution in [0.5, 0.6) is 86.2 Å².